The molecule has 14 heteroatoms. The molecule has 0 bridgehead atoms. The van der Waals surface area contributed by atoms with Crippen molar-refractivity contribution in [2.45, 2.75) is 248 Å². The fourth-order valence-electron chi connectivity index (χ4n) is 8.01. The van der Waals surface area contributed by atoms with E-state index in [0.717, 1.165) is 70.6 Å². The number of hydrogen-bond donors (Lipinski definition) is 7. The molecule has 7 N–H and O–H groups in total. The first-order valence-corrected chi connectivity index (χ1v) is 25.6. The van der Waals surface area contributed by atoms with Crippen LogP contribution < -0.4 is 0 Å². The quantitative estimate of drug-likeness (QED) is 0.0181. The monoisotopic (exact) mass is 929 g/mol. The Kier molecular flexibility index (Phi) is 35.7. The zero-order valence-electron chi connectivity index (χ0n) is 40.2. The molecule has 65 heavy (non-hydrogen) atoms. The lowest BCUT2D eigenvalue weighted by Gasteiger charge is -2.42. The first-order valence-electron chi connectivity index (χ1n) is 25.6. The lowest BCUT2D eigenvalue weighted by Crippen LogP contribution is -2.61. The van der Waals surface area contributed by atoms with Gasteiger partial charge in [-0.3, -0.25) is 4.79 Å². The smallest absolute Gasteiger partial charge is 0.306 e. The van der Waals surface area contributed by atoms with E-state index < -0.39 is 80.7 Å². The molecule has 2 rings (SSSR count). The number of aliphatic hydroxyl groups is 7. The van der Waals surface area contributed by atoms with E-state index in [4.69, 9.17) is 28.4 Å². The summed E-state index contributed by atoms with van der Waals surface area (Å²) in [5.74, 6) is -0.383. The van der Waals surface area contributed by atoms with E-state index in [9.17, 15) is 40.5 Å². The number of carbonyl (C=O) groups excluding carboxylic acids is 1. The second-order valence-corrected chi connectivity index (χ2v) is 18.0. The van der Waals surface area contributed by atoms with Crippen LogP contribution in [0.1, 0.15) is 181 Å². The Morgan fingerprint density at radius 3 is 1.57 bits per heavy atom. The van der Waals surface area contributed by atoms with Gasteiger partial charge in [-0.1, -0.05) is 166 Å². The number of aliphatic hydroxyl groups excluding tert-OH is 7. The lowest BCUT2D eigenvalue weighted by molar-refractivity contribution is -0.332. The zero-order chi connectivity index (χ0) is 47.3. The summed E-state index contributed by atoms with van der Waals surface area (Å²) in [7, 11) is 0. The maximum absolute atomic E-state index is 13.0. The maximum atomic E-state index is 13.0. The zero-order valence-corrected chi connectivity index (χ0v) is 40.2. The van der Waals surface area contributed by atoms with Crippen LogP contribution in [0, 0.1) is 0 Å². The third-order valence-corrected chi connectivity index (χ3v) is 12.2. The normalized spacial score (nSPS) is 26.8. The molecule has 11 unspecified atom stereocenters. The van der Waals surface area contributed by atoms with Crippen LogP contribution in [-0.2, 0) is 33.2 Å². The second kappa shape index (κ2) is 39.1. The summed E-state index contributed by atoms with van der Waals surface area (Å²) >= 11 is 0. The van der Waals surface area contributed by atoms with Gasteiger partial charge >= 0.3 is 5.97 Å². The molecule has 2 heterocycles. The lowest BCUT2D eigenvalue weighted by atomic mass is 9.98. The first-order chi connectivity index (χ1) is 31.6. The molecular weight excluding hydrogens is 837 g/mol. The molecule has 2 aliphatic heterocycles. The molecule has 11 atom stereocenters. The third kappa shape index (κ3) is 27.1. The van der Waals surface area contributed by atoms with Gasteiger partial charge in [-0.2, -0.15) is 0 Å². The van der Waals surface area contributed by atoms with E-state index in [2.05, 4.69) is 50.3 Å². The van der Waals surface area contributed by atoms with Crippen LogP contribution in [0.25, 0.3) is 0 Å². The topological polar surface area (TPSA) is 214 Å². The van der Waals surface area contributed by atoms with Crippen LogP contribution >= 0.6 is 0 Å². The Morgan fingerprint density at radius 1 is 0.523 bits per heavy atom. The SMILES string of the molecule is CC/C=C\C/C=C\C/C=C\CCCCCCOCC(COC1OC(COC2OC(CO)C(O)C(O)C2O)C(O)C(O)C1O)OC(=O)CCCCCCCCCCCCCCCCCCC. The third-order valence-electron chi connectivity index (χ3n) is 12.2. The molecule has 0 aromatic heterocycles. The molecule has 380 valence electrons. The van der Waals surface area contributed by atoms with Crippen LogP contribution in [0.2, 0.25) is 0 Å². The van der Waals surface area contributed by atoms with Crippen LogP contribution in [-0.4, -0.2) is 142 Å². The number of hydrogen-bond acceptors (Lipinski definition) is 14. The van der Waals surface area contributed by atoms with E-state index in [-0.39, 0.29) is 25.6 Å². The summed E-state index contributed by atoms with van der Waals surface area (Å²) in [4.78, 5) is 13.0. The summed E-state index contributed by atoms with van der Waals surface area (Å²) in [5.41, 5.74) is 0. The Morgan fingerprint density at radius 2 is 1.00 bits per heavy atom. The van der Waals surface area contributed by atoms with Gasteiger partial charge in [0.15, 0.2) is 12.6 Å². The molecule has 0 spiro atoms. The fraction of sp³-hybridized carbons (Fsp3) is 0.863. The largest absolute Gasteiger partial charge is 0.457 e. The Hall–Kier alpha value is -1.79. The van der Waals surface area contributed by atoms with Crippen LogP contribution in [0.3, 0.4) is 0 Å². The average Bonchev–Trinajstić information content (AvgIpc) is 3.30. The van der Waals surface area contributed by atoms with Gasteiger partial charge in [-0.05, 0) is 44.9 Å². The molecule has 0 amide bonds. The predicted molar refractivity (Wildman–Crippen MR) is 252 cm³/mol. The van der Waals surface area contributed by atoms with Gasteiger partial charge in [0.05, 0.1) is 26.4 Å². The van der Waals surface area contributed by atoms with Crippen molar-refractivity contribution in [2.75, 3.05) is 33.0 Å². The van der Waals surface area contributed by atoms with Crippen LogP contribution in [0.5, 0.6) is 0 Å². The molecule has 0 saturated carbocycles. The average molecular weight is 929 g/mol. The maximum Gasteiger partial charge on any atom is 0.306 e. The van der Waals surface area contributed by atoms with Crippen molar-refractivity contribution in [2.24, 2.45) is 0 Å². The molecule has 0 aromatic rings. The van der Waals surface area contributed by atoms with Crippen molar-refractivity contribution in [3.63, 3.8) is 0 Å². The molecule has 2 fully saturated rings. The minimum absolute atomic E-state index is 0.0485. The predicted octanol–water partition coefficient (Wildman–Crippen LogP) is 7.41. The van der Waals surface area contributed by atoms with E-state index in [1.165, 1.54) is 83.5 Å². The van der Waals surface area contributed by atoms with Gasteiger partial charge < -0.3 is 64.2 Å². The second-order valence-electron chi connectivity index (χ2n) is 18.0. The highest BCUT2D eigenvalue weighted by atomic mass is 16.7. The highest BCUT2D eigenvalue weighted by molar-refractivity contribution is 5.69. The molecular formula is C51H92O14. The minimum atomic E-state index is -1.71. The molecule has 0 radical (unpaired) electrons. The van der Waals surface area contributed by atoms with Gasteiger partial charge in [0.1, 0.15) is 54.9 Å². The van der Waals surface area contributed by atoms with Crippen molar-refractivity contribution < 1.29 is 69.0 Å². The summed E-state index contributed by atoms with van der Waals surface area (Å²) in [5, 5.41) is 72.1. The van der Waals surface area contributed by atoms with Crippen molar-refractivity contribution >= 4 is 5.97 Å². The number of esters is 1. The fourth-order valence-corrected chi connectivity index (χ4v) is 8.01. The number of unbranched alkanes of at least 4 members (excludes halogenated alkanes) is 20. The van der Waals surface area contributed by atoms with Crippen molar-refractivity contribution in [3.05, 3.63) is 36.5 Å². The van der Waals surface area contributed by atoms with Gasteiger partial charge in [-0.15, -0.1) is 0 Å². The molecule has 0 aliphatic carbocycles. The Bertz CT molecular complexity index is 1220. The molecule has 2 saturated heterocycles. The van der Waals surface area contributed by atoms with Gasteiger partial charge in [0, 0.05) is 13.0 Å². The Labute approximate surface area is 391 Å². The van der Waals surface area contributed by atoms with Crippen molar-refractivity contribution in [1.82, 2.24) is 0 Å². The summed E-state index contributed by atoms with van der Waals surface area (Å²) in [6, 6.07) is 0. The van der Waals surface area contributed by atoms with Gasteiger partial charge in [0.25, 0.3) is 0 Å². The molecule has 2 aliphatic rings. The standard InChI is InChI=1S/C51H92O14/c1-3-5-7-9-11-13-15-17-19-20-21-22-24-26-28-30-32-34-43(53)63-40(37-60-35-33-31-29-27-25-23-18-16-14-12-10-8-6-4-2)38-61-50-49(59)47(57)45(55)42(65-50)39-62-51-48(58)46(56)44(54)41(36-52)64-51/h6,8,12,14,18,23,40-42,44-52,54-59H,3-5,7,9-11,13,15-17,19-22,24-39H2,1-2H3/b8-6-,14-12-,23-18-. The van der Waals surface area contributed by atoms with Gasteiger partial charge in [-0.25, -0.2) is 0 Å². The highest BCUT2D eigenvalue weighted by Crippen LogP contribution is 2.26. The first kappa shape index (κ1) is 59.3. The van der Waals surface area contributed by atoms with Gasteiger partial charge in [0.2, 0.25) is 0 Å². The van der Waals surface area contributed by atoms with Crippen LogP contribution in [0.15, 0.2) is 36.5 Å². The summed E-state index contributed by atoms with van der Waals surface area (Å²) < 4.78 is 34.2. The Balaban J connectivity index is 1.77. The number of carbonyl (C=O) groups is 1. The minimum Gasteiger partial charge on any atom is -0.457 e. The molecule has 0 aromatic carbocycles. The summed E-state index contributed by atoms with van der Waals surface area (Å²) in [6.07, 6.45) is 26.4. The number of rotatable bonds is 40. The van der Waals surface area contributed by atoms with E-state index in [1.54, 1.807) is 0 Å². The van der Waals surface area contributed by atoms with E-state index >= 15 is 0 Å². The molecule has 14 nitrogen and oxygen atoms in total. The highest BCUT2D eigenvalue weighted by Gasteiger charge is 2.47. The number of ether oxygens (including phenoxy) is 6. The van der Waals surface area contributed by atoms with E-state index in [0.29, 0.717) is 13.0 Å². The van der Waals surface area contributed by atoms with Crippen LogP contribution in [0.4, 0.5) is 0 Å². The van der Waals surface area contributed by atoms with Crippen molar-refractivity contribution in [3.8, 4) is 0 Å². The van der Waals surface area contributed by atoms with E-state index in [1.807, 2.05) is 0 Å². The number of allylic oxidation sites excluding steroid dienone is 6. The summed E-state index contributed by atoms with van der Waals surface area (Å²) in [6.45, 7) is 3.53. The van der Waals surface area contributed by atoms with Crippen molar-refractivity contribution in [1.29, 1.82) is 0 Å².